The number of anilines is 1. The molecule has 1 saturated heterocycles. The van der Waals surface area contributed by atoms with Crippen molar-refractivity contribution in [1.29, 1.82) is 0 Å². The quantitative estimate of drug-likeness (QED) is 0.617. The van der Waals surface area contributed by atoms with Gasteiger partial charge in [-0.25, -0.2) is 17.6 Å². The van der Waals surface area contributed by atoms with Gasteiger partial charge in [-0.05, 0) is 32.0 Å². The number of rotatable bonds is 6. The van der Waals surface area contributed by atoms with Crippen LogP contribution in [0.25, 0.3) is 0 Å². The van der Waals surface area contributed by atoms with E-state index in [0.717, 1.165) is 11.2 Å². The van der Waals surface area contributed by atoms with Gasteiger partial charge in [-0.3, -0.25) is 9.69 Å². The van der Waals surface area contributed by atoms with Crippen LogP contribution in [0.4, 0.5) is 14.9 Å². The standard InChI is InChI=1S/C16H19BrFNO6S/c1-4-24-14(20)16(2,26(3,22)23)8-11-9-19(15(21)25-11)13-6-5-10(17)7-12(13)18/h5-7,11H,4,8-9H2,1-3H3/t11-,16?/m0/s1. The van der Waals surface area contributed by atoms with Crippen LogP contribution in [0, 0.1) is 5.82 Å². The predicted octanol–water partition coefficient (Wildman–Crippen LogP) is 2.67. The Morgan fingerprint density at radius 1 is 1.50 bits per heavy atom. The smallest absolute Gasteiger partial charge is 0.414 e. The van der Waals surface area contributed by atoms with Gasteiger partial charge in [-0.1, -0.05) is 15.9 Å². The van der Waals surface area contributed by atoms with Crippen LogP contribution < -0.4 is 4.90 Å². The van der Waals surface area contributed by atoms with E-state index in [-0.39, 0.29) is 25.3 Å². The lowest BCUT2D eigenvalue weighted by Crippen LogP contribution is -2.47. The van der Waals surface area contributed by atoms with Crippen molar-refractivity contribution in [3.63, 3.8) is 0 Å². The number of carbonyl (C=O) groups excluding carboxylic acids is 2. The van der Waals surface area contributed by atoms with Gasteiger partial charge < -0.3 is 9.47 Å². The number of hydrogen-bond acceptors (Lipinski definition) is 6. The molecule has 10 heteroatoms. The van der Waals surface area contributed by atoms with Crippen molar-refractivity contribution in [1.82, 2.24) is 0 Å². The molecule has 1 fully saturated rings. The van der Waals surface area contributed by atoms with Crippen LogP contribution in [0.5, 0.6) is 0 Å². The zero-order chi connectivity index (χ0) is 19.7. The molecule has 1 aromatic rings. The first-order chi connectivity index (χ1) is 12.0. The molecule has 0 spiro atoms. The highest BCUT2D eigenvalue weighted by Crippen LogP contribution is 2.32. The van der Waals surface area contributed by atoms with Crippen molar-refractivity contribution < 1.29 is 31.9 Å². The molecule has 0 radical (unpaired) electrons. The van der Waals surface area contributed by atoms with E-state index in [9.17, 15) is 22.4 Å². The van der Waals surface area contributed by atoms with E-state index in [0.29, 0.717) is 4.47 Å². The summed E-state index contributed by atoms with van der Waals surface area (Å²) in [5.41, 5.74) is 0.0119. The lowest BCUT2D eigenvalue weighted by atomic mass is 10.0. The van der Waals surface area contributed by atoms with E-state index < -0.39 is 38.6 Å². The maximum atomic E-state index is 14.1. The molecule has 1 aliphatic rings. The van der Waals surface area contributed by atoms with Crippen molar-refractivity contribution in [2.45, 2.75) is 31.1 Å². The molecule has 144 valence electrons. The molecule has 1 amide bonds. The Hall–Kier alpha value is -1.68. The number of carbonyl (C=O) groups is 2. The van der Waals surface area contributed by atoms with Crippen molar-refractivity contribution in [3.05, 3.63) is 28.5 Å². The van der Waals surface area contributed by atoms with E-state index in [1.165, 1.54) is 19.1 Å². The first-order valence-corrected chi connectivity index (χ1v) is 10.5. The molecule has 0 aliphatic carbocycles. The normalized spacial score (nSPS) is 19.8. The monoisotopic (exact) mass is 451 g/mol. The van der Waals surface area contributed by atoms with Crippen LogP contribution in [0.15, 0.2) is 22.7 Å². The van der Waals surface area contributed by atoms with Crippen LogP contribution in [0.1, 0.15) is 20.3 Å². The van der Waals surface area contributed by atoms with Crippen LogP contribution in [-0.4, -0.2) is 50.7 Å². The van der Waals surface area contributed by atoms with Crippen molar-refractivity contribution >= 4 is 43.5 Å². The Kier molecular flexibility index (Phi) is 5.96. The number of cyclic esters (lactones) is 1. The van der Waals surface area contributed by atoms with E-state index in [1.54, 1.807) is 13.0 Å². The van der Waals surface area contributed by atoms with Crippen LogP contribution in [0.3, 0.4) is 0 Å². The molecule has 7 nitrogen and oxygen atoms in total. The van der Waals surface area contributed by atoms with E-state index in [2.05, 4.69) is 15.9 Å². The summed E-state index contributed by atoms with van der Waals surface area (Å²) in [6.45, 7) is 2.73. The fourth-order valence-electron chi connectivity index (χ4n) is 2.63. The van der Waals surface area contributed by atoms with Gasteiger partial charge in [-0.15, -0.1) is 0 Å². The molecule has 1 unspecified atom stereocenters. The summed E-state index contributed by atoms with van der Waals surface area (Å²) in [4.78, 5) is 25.4. The Labute approximate surface area is 159 Å². The summed E-state index contributed by atoms with van der Waals surface area (Å²) in [5.74, 6) is -1.54. The third kappa shape index (κ3) is 4.01. The molecule has 2 atom stereocenters. The molecule has 1 aliphatic heterocycles. The minimum atomic E-state index is -3.85. The van der Waals surface area contributed by atoms with Gasteiger partial charge in [0.25, 0.3) is 0 Å². The minimum absolute atomic E-state index is 0.0119. The second kappa shape index (κ2) is 7.51. The van der Waals surface area contributed by atoms with Gasteiger partial charge in [0, 0.05) is 17.1 Å². The predicted molar refractivity (Wildman–Crippen MR) is 96.2 cm³/mol. The number of esters is 1. The fraction of sp³-hybridized carbons (Fsp3) is 0.500. The summed E-state index contributed by atoms with van der Waals surface area (Å²) < 4.78 is 47.1. The Bertz CT molecular complexity index is 830. The third-order valence-corrected chi connectivity index (χ3v) is 6.68. The molecule has 2 rings (SSSR count). The summed E-state index contributed by atoms with van der Waals surface area (Å²) in [5, 5.41) is 0. The Morgan fingerprint density at radius 2 is 2.15 bits per heavy atom. The number of sulfone groups is 1. The highest BCUT2D eigenvalue weighted by Gasteiger charge is 2.49. The van der Waals surface area contributed by atoms with E-state index in [4.69, 9.17) is 9.47 Å². The topological polar surface area (TPSA) is 90.0 Å². The van der Waals surface area contributed by atoms with Crippen molar-refractivity contribution in [3.8, 4) is 0 Å². The van der Waals surface area contributed by atoms with Crippen molar-refractivity contribution in [2.24, 2.45) is 0 Å². The Balaban J connectivity index is 2.25. The van der Waals surface area contributed by atoms with E-state index >= 15 is 0 Å². The van der Waals surface area contributed by atoms with Gasteiger partial charge in [0.15, 0.2) is 14.6 Å². The average molecular weight is 452 g/mol. The summed E-state index contributed by atoms with van der Waals surface area (Å²) in [6.07, 6.45) is -1.08. The third-order valence-electron chi connectivity index (χ3n) is 4.22. The summed E-state index contributed by atoms with van der Waals surface area (Å²) in [6, 6.07) is 4.18. The van der Waals surface area contributed by atoms with Gasteiger partial charge in [0.05, 0.1) is 18.8 Å². The maximum Gasteiger partial charge on any atom is 0.414 e. The summed E-state index contributed by atoms with van der Waals surface area (Å²) >= 11 is 3.13. The first kappa shape index (κ1) is 20.6. The number of nitrogens with zero attached hydrogens (tertiary/aromatic N) is 1. The first-order valence-electron chi connectivity index (χ1n) is 7.79. The van der Waals surface area contributed by atoms with Crippen LogP contribution in [0.2, 0.25) is 0 Å². The molecule has 0 bridgehead atoms. The number of halogens is 2. The second-order valence-electron chi connectivity index (χ2n) is 6.14. The molecule has 1 heterocycles. The number of ether oxygens (including phenoxy) is 2. The highest BCUT2D eigenvalue weighted by molar-refractivity contribution is 9.10. The fourth-order valence-corrected chi connectivity index (χ4v) is 3.81. The Morgan fingerprint density at radius 3 is 2.69 bits per heavy atom. The minimum Gasteiger partial charge on any atom is -0.465 e. The van der Waals surface area contributed by atoms with E-state index in [1.807, 2.05) is 0 Å². The van der Waals surface area contributed by atoms with Crippen LogP contribution >= 0.6 is 15.9 Å². The van der Waals surface area contributed by atoms with Gasteiger partial charge >= 0.3 is 12.1 Å². The largest absolute Gasteiger partial charge is 0.465 e. The lowest BCUT2D eigenvalue weighted by Gasteiger charge is -2.27. The SMILES string of the molecule is CCOC(=O)C(C)(C[C@H]1CN(c2ccc(Br)cc2F)C(=O)O1)S(C)(=O)=O. The molecule has 0 aromatic heterocycles. The maximum absolute atomic E-state index is 14.1. The van der Waals surface area contributed by atoms with Gasteiger partial charge in [-0.2, -0.15) is 0 Å². The summed E-state index contributed by atoms with van der Waals surface area (Å²) in [7, 11) is -3.85. The zero-order valence-corrected chi connectivity index (χ0v) is 16.9. The van der Waals surface area contributed by atoms with Gasteiger partial charge in [0.2, 0.25) is 0 Å². The average Bonchev–Trinajstić information content (AvgIpc) is 2.86. The molecule has 0 saturated carbocycles. The molecule has 0 N–H and O–H groups in total. The second-order valence-corrected chi connectivity index (χ2v) is 9.50. The lowest BCUT2D eigenvalue weighted by molar-refractivity contribution is -0.146. The number of hydrogen-bond donors (Lipinski definition) is 0. The highest BCUT2D eigenvalue weighted by atomic mass is 79.9. The molecule has 26 heavy (non-hydrogen) atoms. The zero-order valence-electron chi connectivity index (χ0n) is 14.5. The van der Waals surface area contributed by atoms with Crippen LogP contribution in [-0.2, 0) is 24.1 Å². The molecular formula is C16H19BrFNO6S. The number of benzene rings is 1. The number of amides is 1. The van der Waals surface area contributed by atoms with Crippen molar-refractivity contribution in [2.75, 3.05) is 24.3 Å². The molecule has 1 aromatic carbocycles. The molecular weight excluding hydrogens is 433 g/mol. The van der Waals surface area contributed by atoms with Gasteiger partial charge in [0.1, 0.15) is 11.9 Å².